The molecule has 2 rings (SSSR count). The number of amides is 2. The molecule has 0 saturated carbocycles. The molecule has 0 atom stereocenters. The molecule has 0 fully saturated rings. The first-order chi connectivity index (χ1) is 11.7. The maximum Gasteiger partial charge on any atom is 0.417 e. The fraction of sp³-hybridized carbons (Fsp3) is 0.176. The van der Waals surface area contributed by atoms with Crippen molar-refractivity contribution in [2.45, 2.75) is 6.18 Å². The zero-order valence-electron chi connectivity index (χ0n) is 13.4. The van der Waals surface area contributed by atoms with Crippen LogP contribution in [0.2, 0.25) is 0 Å². The van der Waals surface area contributed by atoms with Gasteiger partial charge in [-0.25, -0.2) is 4.79 Å². The number of ether oxygens (including phenoxy) is 1. The average Bonchev–Trinajstić information content (AvgIpc) is 2.54. The van der Waals surface area contributed by atoms with E-state index in [1.165, 1.54) is 55.4 Å². The van der Waals surface area contributed by atoms with Gasteiger partial charge in [-0.3, -0.25) is 4.79 Å². The van der Waals surface area contributed by atoms with Crippen LogP contribution in [0, 0.1) is 0 Å². The summed E-state index contributed by atoms with van der Waals surface area (Å²) in [6, 6.07) is 10.3. The predicted molar refractivity (Wildman–Crippen MR) is 85.6 cm³/mol. The Kier molecular flexibility index (Phi) is 5.31. The number of benzene rings is 2. The lowest BCUT2D eigenvalue weighted by molar-refractivity contribution is -0.137. The van der Waals surface area contributed by atoms with Crippen molar-refractivity contribution in [3.63, 3.8) is 0 Å². The Morgan fingerprint density at radius 2 is 1.72 bits per heavy atom. The molecule has 0 saturated heterocycles. The van der Waals surface area contributed by atoms with Crippen LogP contribution in [-0.2, 0) is 6.18 Å². The lowest BCUT2D eigenvalue weighted by Gasteiger charge is -2.14. The first-order valence-electron chi connectivity index (χ1n) is 7.15. The second-order valence-corrected chi connectivity index (χ2v) is 5.29. The molecule has 0 heterocycles. The number of hydrogen-bond donors (Lipinski definition) is 1. The molecular formula is C17H15F3N2O3. The van der Waals surface area contributed by atoms with Gasteiger partial charge >= 0.3 is 12.3 Å². The van der Waals surface area contributed by atoms with Crippen LogP contribution in [0.15, 0.2) is 48.5 Å². The number of hydrogen-bond acceptors (Lipinski definition) is 3. The Balaban J connectivity index is 2.21. The van der Waals surface area contributed by atoms with Crippen LogP contribution < -0.4 is 10.1 Å². The SMILES string of the molecule is CN(C)C(=O)Oc1cccc(NC(=O)c2ccccc2C(F)(F)F)c1. The van der Waals surface area contributed by atoms with Crippen LogP contribution in [0.3, 0.4) is 0 Å². The van der Waals surface area contributed by atoms with Crippen molar-refractivity contribution in [3.05, 3.63) is 59.7 Å². The van der Waals surface area contributed by atoms with Gasteiger partial charge < -0.3 is 15.0 Å². The van der Waals surface area contributed by atoms with Gasteiger partial charge in [-0.1, -0.05) is 18.2 Å². The number of carbonyl (C=O) groups excluding carboxylic acids is 2. The summed E-state index contributed by atoms with van der Waals surface area (Å²) in [6.45, 7) is 0. The average molecular weight is 352 g/mol. The lowest BCUT2D eigenvalue weighted by Crippen LogP contribution is -2.25. The van der Waals surface area contributed by atoms with E-state index in [9.17, 15) is 22.8 Å². The summed E-state index contributed by atoms with van der Waals surface area (Å²) >= 11 is 0. The first-order valence-corrected chi connectivity index (χ1v) is 7.15. The number of anilines is 1. The molecule has 0 aliphatic rings. The third-order valence-corrected chi connectivity index (χ3v) is 3.14. The molecule has 0 radical (unpaired) electrons. The van der Waals surface area contributed by atoms with Crippen LogP contribution in [0.1, 0.15) is 15.9 Å². The van der Waals surface area contributed by atoms with E-state index in [-0.39, 0.29) is 11.4 Å². The number of alkyl halides is 3. The van der Waals surface area contributed by atoms with Gasteiger partial charge in [-0.15, -0.1) is 0 Å². The largest absolute Gasteiger partial charge is 0.417 e. The molecule has 8 heteroatoms. The third-order valence-electron chi connectivity index (χ3n) is 3.14. The van der Waals surface area contributed by atoms with Crippen LogP contribution >= 0.6 is 0 Å². The Hall–Kier alpha value is -3.03. The summed E-state index contributed by atoms with van der Waals surface area (Å²) in [4.78, 5) is 24.9. The van der Waals surface area contributed by atoms with Crippen molar-refractivity contribution in [2.24, 2.45) is 0 Å². The van der Waals surface area contributed by atoms with E-state index in [1.807, 2.05) is 0 Å². The second-order valence-electron chi connectivity index (χ2n) is 5.29. The van der Waals surface area contributed by atoms with Crippen molar-refractivity contribution >= 4 is 17.7 Å². The molecule has 2 aromatic carbocycles. The fourth-order valence-corrected chi connectivity index (χ4v) is 1.96. The van der Waals surface area contributed by atoms with E-state index in [4.69, 9.17) is 4.74 Å². The van der Waals surface area contributed by atoms with Gasteiger partial charge in [0.15, 0.2) is 0 Å². The Morgan fingerprint density at radius 1 is 1.04 bits per heavy atom. The molecule has 0 aliphatic heterocycles. The molecule has 0 spiro atoms. The van der Waals surface area contributed by atoms with E-state index in [0.29, 0.717) is 0 Å². The Bertz CT molecular complexity index is 789. The highest BCUT2D eigenvalue weighted by Crippen LogP contribution is 2.32. The number of halogens is 3. The Morgan fingerprint density at radius 3 is 2.36 bits per heavy atom. The van der Waals surface area contributed by atoms with E-state index in [0.717, 1.165) is 12.1 Å². The normalized spacial score (nSPS) is 10.9. The van der Waals surface area contributed by atoms with Crippen molar-refractivity contribution in [1.29, 1.82) is 0 Å². The zero-order chi connectivity index (χ0) is 18.6. The number of rotatable bonds is 3. The maximum atomic E-state index is 13.0. The van der Waals surface area contributed by atoms with Gasteiger partial charge in [0.1, 0.15) is 5.75 Å². The van der Waals surface area contributed by atoms with Gasteiger partial charge in [-0.2, -0.15) is 13.2 Å². The fourth-order valence-electron chi connectivity index (χ4n) is 1.96. The third kappa shape index (κ3) is 4.72. The van der Waals surface area contributed by atoms with E-state index in [2.05, 4.69) is 5.32 Å². The van der Waals surface area contributed by atoms with Gasteiger partial charge in [0.05, 0.1) is 11.1 Å². The molecule has 132 valence electrons. The van der Waals surface area contributed by atoms with Gasteiger partial charge in [0, 0.05) is 25.8 Å². The Labute approximate surface area is 142 Å². The summed E-state index contributed by atoms with van der Waals surface area (Å²) in [5.74, 6) is -0.760. The van der Waals surface area contributed by atoms with Crippen LogP contribution in [-0.4, -0.2) is 31.0 Å². The van der Waals surface area contributed by atoms with Crippen molar-refractivity contribution in [1.82, 2.24) is 4.90 Å². The molecule has 0 aromatic heterocycles. The van der Waals surface area contributed by atoms with E-state index >= 15 is 0 Å². The topological polar surface area (TPSA) is 58.6 Å². The highest BCUT2D eigenvalue weighted by Gasteiger charge is 2.34. The van der Waals surface area contributed by atoms with Gasteiger partial charge in [0.2, 0.25) is 0 Å². The molecule has 0 aliphatic carbocycles. The minimum absolute atomic E-state index is 0.153. The van der Waals surface area contributed by atoms with Crippen LogP contribution in [0.5, 0.6) is 5.75 Å². The summed E-state index contributed by atoms with van der Waals surface area (Å²) in [5.41, 5.74) is -1.32. The predicted octanol–water partition coefficient (Wildman–Crippen LogP) is 4.02. The van der Waals surface area contributed by atoms with Crippen molar-refractivity contribution in [3.8, 4) is 5.75 Å². The van der Waals surface area contributed by atoms with E-state index < -0.39 is 29.3 Å². The minimum atomic E-state index is -4.64. The first kappa shape index (κ1) is 18.3. The second kappa shape index (κ2) is 7.25. The number of nitrogens with one attached hydrogen (secondary N) is 1. The minimum Gasteiger partial charge on any atom is -0.410 e. The summed E-state index contributed by atoms with van der Waals surface area (Å²) in [7, 11) is 3.00. The van der Waals surface area contributed by atoms with Crippen molar-refractivity contribution in [2.75, 3.05) is 19.4 Å². The van der Waals surface area contributed by atoms with Crippen molar-refractivity contribution < 1.29 is 27.5 Å². The number of carbonyl (C=O) groups is 2. The monoisotopic (exact) mass is 352 g/mol. The molecule has 2 amide bonds. The highest BCUT2D eigenvalue weighted by atomic mass is 19.4. The number of nitrogens with zero attached hydrogens (tertiary/aromatic N) is 1. The van der Waals surface area contributed by atoms with Crippen LogP contribution in [0.25, 0.3) is 0 Å². The summed E-state index contributed by atoms with van der Waals surface area (Å²) in [5, 5.41) is 2.37. The quantitative estimate of drug-likeness (QED) is 0.908. The molecular weight excluding hydrogens is 337 g/mol. The maximum absolute atomic E-state index is 13.0. The van der Waals surface area contributed by atoms with Crippen LogP contribution in [0.4, 0.5) is 23.7 Å². The standard InChI is InChI=1S/C17H15F3N2O3/c1-22(2)16(24)25-12-7-5-6-11(10-12)21-15(23)13-8-3-4-9-14(13)17(18,19)20/h3-10H,1-2H3,(H,21,23). The smallest absolute Gasteiger partial charge is 0.410 e. The van der Waals surface area contributed by atoms with Gasteiger partial charge in [-0.05, 0) is 24.3 Å². The molecule has 0 bridgehead atoms. The molecule has 25 heavy (non-hydrogen) atoms. The van der Waals surface area contributed by atoms with Gasteiger partial charge in [0.25, 0.3) is 5.91 Å². The molecule has 1 N–H and O–H groups in total. The lowest BCUT2D eigenvalue weighted by atomic mass is 10.1. The zero-order valence-corrected chi connectivity index (χ0v) is 13.4. The summed E-state index contributed by atoms with van der Waals surface area (Å²) < 4.78 is 44.0. The molecule has 2 aromatic rings. The molecule has 5 nitrogen and oxygen atoms in total. The summed E-state index contributed by atoms with van der Waals surface area (Å²) in [6.07, 6.45) is -5.26. The molecule has 0 unspecified atom stereocenters. The van der Waals surface area contributed by atoms with E-state index in [1.54, 1.807) is 0 Å². The highest BCUT2D eigenvalue weighted by molar-refractivity contribution is 6.05.